The van der Waals surface area contributed by atoms with Crippen molar-refractivity contribution in [1.29, 1.82) is 0 Å². The van der Waals surface area contributed by atoms with E-state index in [9.17, 15) is 9.59 Å². The van der Waals surface area contributed by atoms with Gasteiger partial charge in [0.25, 0.3) is 0 Å². The molecule has 1 radical (unpaired) electrons. The highest BCUT2D eigenvalue weighted by Crippen LogP contribution is 2.04. The number of hydrogen-bond acceptors (Lipinski definition) is 3. The maximum absolute atomic E-state index is 11.2. The lowest BCUT2D eigenvalue weighted by Gasteiger charge is -2.33. The van der Waals surface area contributed by atoms with Crippen LogP contribution in [-0.2, 0) is 9.53 Å². The summed E-state index contributed by atoms with van der Waals surface area (Å²) in [6.45, 7) is 5.76. The zero-order chi connectivity index (χ0) is 10.6. The lowest BCUT2D eigenvalue weighted by Crippen LogP contribution is -2.50. The Morgan fingerprint density at radius 3 is 2.14 bits per heavy atom. The predicted molar refractivity (Wildman–Crippen MR) is 50.5 cm³/mol. The molecular weight excluding hydrogens is 184 g/mol. The zero-order valence-electron chi connectivity index (χ0n) is 8.36. The monoisotopic (exact) mass is 199 g/mol. The van der Waals surface area contributed by atoms with Crippen molar-refractivity contribution >= 4 is 12.0 Å². The van der Waals surface area contributed by atoms with Crippen LogP contribution in [0.1, 0.15) is 6.42 Å². The zero-order valence-corrected chi connectivity index (χ0v) is 8.36. The van der Waals surface area contributed by atoms with Crippen molar-refractivity contribution in [2.45, 2.75) is 6.42 Å². The van der Waals surface area contributed by atoms with E-state index in [1.54, 1.807) is 9.80 Å². The summed E-state index contributed by atoms with van der Waals surface area (Å²) in [6, 6.07) is 0. The van der Waals surface area contributed by atoms with Crippen LogP contribution in [0.3, 0.4) is 0 Å². The molecule has 1 fully saturated rings. The van der Waals surface area contributed by atoms with E-state index in [1.807, 2.05) is 0 Å². The number of nitrogens with zero attached hydrogens (tertiary/aromatic N) is 2. The molecule has 0 aromatic rings. The van der Waals surface area contributed by atoms with Crippen LogP contribution in [0.4, 0.5) is 4.79 Å². The Labute approximate surface area is 83.6 Å². The second-order valence-electron chi connectivity index (χ2n) is 3.09. The van der Waals surface area contributed by atoms with Gasteiger partial charge in [-0.2, -0.15) is 0 Å². The molecule has 0 unspecified atom stereocenters. The van der Waals surface area contributed by atoms with Crippen LogP contribution in [-0.4, -0.2) is 55.1 Å². The van der Waals surface area contributed by atoms with Crippen molar-refractivity contribution < 1.29 is 14.3 Å². The van der Waals surface area contributed by atoms with Crippen LogP contribution in [0.5, 0.6) is 0 Å². The molecule has 0 saturated carbocycles. The summed E-state index contributed by atoms with van der Waals surface area (Å²) in [5.74, 6) is 0.0366. The van der Waals surface area contributed by atoms with Crippen LogP contribution in [0.15, 0.2) is 0 Å². The minimum absolute atomic E-state index is 0.0366. The summed E-state index contributed by atoms with van der Waals surface area (Å²) in [5, 5.41) is 0. The molecule has 14 heavy (non-hydrogen) atoms. The minimum atomic E-state index is -0.327. The van der Waals surface area contributed by atoms with Crippen molar-refractivity contribution in [3.63, 3.8) is 0 Å². The SMILES string of the molecule is [CH2]CC(=O)N1CCN(C(=O)OC)CC1. The van der Waals surface area contributed by atoms with E-state index >= 15 is 0 Å². The van der Waals surface area contributed by atoms with Crippen LogP contribution >= 0.6 is 0 Å². The first-order valence-corrected chi connectivity index (χ1v) is 4.59. The topological polar surface area (TPSA) is 49.9 Å². The van der Waals surface area contributed by atoms with E-state index in [0.717, 1.165) is 0 Å². The summed E-state index contributed by atoms with van der Waals surface area (Å²) < 4.78 is 4.58. The fraction of sp³-hybridized carbons (Fsp3) is 0.667. The van der Waals surface area contributed by atoms with Gasteiger partial charge < -0.3 is 14.5 Å². The Hall–Kier alpha value is -1.26. The average molecular weight is 199 g/mol. The largest absolute Gasteiger partial charge is 0.453 e. The van der Waals surface area contributed by atoms with Crippen molar-refractivity contribution in [3.05, 3.63) is 6.92 Å². The molecule has 1 saturated heterocycles. The molecule has 79 valence electrons. The molecular formula is C9H15N2O3. The normalized spacial score (nSPS) is 16.7. The molecule has 0 aromatic heterocycles. The van der Waals surface area contributed by atoms with E-state index < -0.39 is 0 Å². The molecule has 1 heterocycles. The van der Waals surface area contributed by atoms with Crippen LogP contribution in [0, 0.1) is 6.92 Å². The van der Waals surface area contributed by atoms with Gasteiger partial charge in [-0.25, -0.2) is 4.79 Å². The molecule has 1 aliphatic heterocycles. The summed E-state index contributed by atoms with van der Waals surface area (Å²) in [7, 11) is 1.36. The molecule has 0 aromatic carbocycles. The van der Waals surface area contributed by atoms with Gasteiger partial charge in [-0.05, 0) is 6.92 Å². The van der Waals surface area contributed by atoms with E-state index in [1.165, 1.54) is 7.11 Å². The Bertz CT molecular complexity index is 198. The molecule has 0 aliphatic carbocycles. The molecule has 5 nitrogen and oxygen atoms in total. The first kappa shape index (κ1) is 10.8. The molecule has 0 N–H and O–H groups in total. The van der Waals surface area contributed by atoms with Crippen LogP contribution < -0.4 is 0 Å². The Morgan fingerprint density at radius 2 is 1.71 bits per heavy atom. The fourth-order valence-corrected chi connectivity index (χ4v) is 1.43. The van der Waals surface area contributed by atoms with Crippen molar-refractivity contribution in [1.82, 2.24) is 9.80 Å². The third-order valence-electron chi connectivity index (χ3n) is 2.28. The van der Waals surface area contributed by atoms with Crippen molar-refractivity contribution in [2.24, 2.45) is 0 Å². The quantitative estimate of drug-likeness (QED) is 0.602. The highest BCUT2D eigenvalue weighted by atomic mass is 16.5. The number of amides is 2. The highest BCUT2D eigenvalue weighted by molar-refractivity contribution is 5.77. The van der Waals surface area contributed by atoms with Crippen LogP contribution in [0.25, 0.3) is 0 Å². The Kier molecular flexibility index (Phi) is 3.73. The summed E-state index contributed by atoms with van der Waals surface area (Å²) in [5.41, 5.74) is 0. The van der Waals surface area contributed by atoms with Crippen molar-refractivity contribution in [2.75, 3.05) is 33.3 Å². The standard InChI is InChI=1S/C9H15N2O3/c1-3-8(12)10-4-6-11(7-5-10)9(13)14-2/h1,3-7H2,2H3. The smallest absolute Gasteiger partial charge is 0.409 e. The average Bonchev–Trinajstić information content (AvgIpc) is 2.27. The number of methoxy groups -OCH3 is 1. The van der Waals surface area contributed by atoms with E-state index in [-0.39, 0.29) is 18.4 Å². The molecule has 2 amide bonds. The summed E-state index contributed by atoms with van der Waals surface area (Å²) in [6.07, 6.45) is -0.0511. The first-order valence-electron chi connectivity index (χ1n) is 4.59. The summed E-state index contributed by atoms with van der Waals surface area (Å²) >= 11 is 0. The number of carbonyl (C=O) groups excluding carboxylic acids is 2. The Morgan fingerprint density at radius 1 is 1.21 bits per heavy atom. The van der Waals surface area contributed by atoms with E-state index in [4.69, 9.17) is 0 Å². The lowest BCUT2D eigenvalue weighted by atomic mass is 10.3. The second kappa shape index (κ2) is 4.83. The minimum Gasteiger partial charge on any atom is -0.453 e. The van der Waals surface area contributed by atoms with Gasteiger partial charge >= 0.3 is 6.09 Å². The third-order valence-corrected chi connectivity index (χ3v) is 2.28. The highest BCUT2D eigenvalue weighted by Gasteiger charge is 2.23. The molecule has 0 atom stereocenters. The number of piperazine rings is 1. The van der Waals surface area contributed by atoms with Crippen molar-refractivity contribution in [3.8, 4) is 0 Å². The van der Waals surface area contributed by atoms with Gasteiger partial charge in [0, 0.05) is 32.6 Å². The molecule has 1 aliphatic rings. The first-order chi connectivity index (χ1) is 6.69. The van der Waals surface area contributed by atoms with Crippen LogP contribution in [0.2, 0.25) is 0 Å². The van der Waals surface area contributed by atoms with Gasteiger partial charge in [-0.3, -0.25) is 4.79 Å². The molecule has 1 rings (SSSR count). The predicted octanol–water partition coefficient (Wildman–Crippen LogP) is 0.121. The fourth-order valence-electron chi connectivity index (χ4n) is 1.43. The maximum Gasteiger partial charge on any atom is 0.409 e. The summed E-state index contributed by atoms with van der Waals surface area (Å²) in [4.78, 5) is 25.6. The van der Waals surface area contributed by atoms with Gasteiger partial charge in [0.1, 0.15) is 0 Å². The van der Waals surface area contributed by atoms with E-state index in [2.05, 4.69) is 11.7 Å². The number of rotatable bonds is 1. The molecule has 5 heteroatoms. The maximum atomic E-state index is 11.2. The molecule has 0 bridgehead atoms. The second-order valence-corrected chi connectivity index (χ2v) is 3.09. The van der Waals surface area contributed by atoms with Gasteiger partial charge in [-0.15, -0.1) is 0 Å². The number of ether oxygens (including phenoxy) is 1. The van der Waals surface area contributed by atoms with Gasteiger partial charge in [0.2, 0.25) is 5.91 Å². The Balaban J connectivity index is 2.38. The van der Waals surface area contributed by atoms with E-state index in [0.29, 0.717) is 26.2 Å². The van der Waals surface area contributed by atoms with Gasteiger partial charge in [0.05, 0.1) is 7.11 Å². The van der Waals surface area contributed by atoms with Gasteiger partial charge in [0.15, 0.2) is 0 Å². The third kappa shape index (κ3) is 2.37. The molecule has 0 spiro atoms. The lowest BCUT2D eigenvalue weighted by molar-refractivity contribution is -0.131. The van der Waals surface area contributed by atoms with Gasteiger partial charge in [-0.1, -0.05) is 0 Å². The number of hydrogen-bond donors (Lipinski definition) is 0. The number of carbonyl (C=O) groups is 2.